The molecule has 0 saturated carbocycles. The number of rotatable bonds is 4. The van der Waals surface area contributed by atoms with Crippen molar-refractivity contribution in [3.8, 4) is 0 Å². The predicted molar refractivity (Wildman–Crippen MR) is 88.9 cm³/mol. The molecule has 0 spiro atoms. The van der Waals surface area contributed by atoms with Crippen LogP contribution in [0.25, 0.3) is 0 Å². The van der Waals surface area contributed by atoms with Crippen molar-refractivity contribution in [3.63, 3.8) is 0 Å². The maximum atomic E-state index is 13.8. The number of anilines is 1. The van der Waals surface area contributed by atoms with Gasteiger partial charge in [0, 0.05) is 30.0 Å². The van der Waals surface area contributed by atoms with Crippen LogP contribution in [0.3, 0.4) is 0 Å². The molecule has 9 heteroatoms. The fourth-order valence-electron chi connectivity index (χ4n) is 2.13. The third-order valence-corrected chi connectivity index (χ3v) is 3.93. The monoisotopic (exact) mass is 367 g/mol. The van der Waals surface area contributed by atoms with Crippen LogP contribution >= 0.6 is 23.2 Å². The fourth-order valence-corrected chi connectivity index (χ4v) is 2.55. The van der Waals surface area contributed by atoms with E-state index in [0.717, 1.165) is 0 Å². The minimum absolute atomic E-state index is 0.0913. The standard InChI is InChI=1S/C15H12Cl2FN5O/c1-22-6-9(5-19-22)15(24)20-14-12(17)8-23(21-14)7-10-11(16)3-2-4-13(10)18/h2-6,8H,7H2,1H3,(H,20,21,24). The Hall–Kier alpha value is -2.38. The molecule has 0 atom stereocenters. The molecule has 0 aliphatic heterocycles. The molecule has 124 valence electrons. The molecular weight excluding hydrogens is 356 g/mol. The van der Waals surface area contributed by atoms with Crippen LogP contribution in [0.5, 0.6) is 0 Å². The molecule has 0 saturated heterocycles. The number of amides is 1. The first kappa shape index (κ1) is 16.5. The Bertz CT molecular complexity index is 885. The van der Waals surface area contributed by atoms with E-state index in [1.165, 1.54) is 33.9 Å². The highest BCUT2D eigenvalue weighted by atomic mass is 35.5. The van der Waals surface area contributed by atoms with Crippen molar-refractivity contribution in [1.82, 2.24) is 19.6 Å². The van der Waals surface area contributed by atoms with Crippen molar-refractivity contribution in [1.29, 1.82) is 0 Å². The molecule has 6 nitrogen and oxygen atoms in total. The number of carbonyl (C=O) groups is 1. The molecule has 0 radical (unpaired) electrons. The first-order valence-electron chi connectivity index (χ1n) is 6.90. The van der Waals surface area contributed by atoms with E-state index in [0.29, 0.717) is 16.1 Å². The highest BCUT2D eigenvalue weighted by molar-refractivity contribution is 6.33. The van der Waals surface area contributed by atoms with Gasteiger partial charge >= 0.3 is 0 Å². The first-order chi connectivity index (χ1) is 11.4. The van der Waals surface area contributed by atoms with Gasteiger partial charge in [-0.15, -0.1) is 0 Å². The number of hydrogen-bond donors (Lipinski definition) is 1. The lowest BCUT2D eigenvalue weighted by Crippen LogP contribution is -2.12. The number of nitrogens with zero attached hydrogens (tertiary/aromatic N) is 4. The van der Waals surface area contributed by atoms with Gasteiger partial charge in [0.2, 0.25) is 0 Å². The topological polar surface area (TPSA) is 64.7 Å². The molecule has 1 amide bonds. The Morgan fingerprint density at radius 3 is 2.75 bits per heavy atom. The fraction of sp³-hybridized carbons (Fsp3) is 0.133. The van der Waals surface area contributed by atoms with Crippen molar-refractivity contribution in [2.75, 3.05) is 5.32 Å². The molecule has 0 aliphatic rings. The van der Waals surface area contributed by atoms with Crippen LogP contribution in [0.2, 0.25) is 10.0 Å². The molecule has 0 fully saturated rings. The highest BCUT2D eigenvalue weighted by Gasteiger charge is 2.15. The molecule has 3 rings (SSSR count). The zero-order chi connectivity index (χ0) is 17.3. The van der Waals surface area contributed by atoms with Crippen molar-refractivity contribution >= 4 is 34.9 Å². The molecule has 24 heavy (non-hydrogen) atoms. The summed E-state index contributed by atoms with van der Waals surface area (Å²) >= 11 is 12.1. The van der Waals surface area contributed by atoms with Crippen LogP contribution in [0.15, 0.2) is 36.8 Å². The zero-order valence-electron chi connectivity index (χ0n) is 12.5. The summed E-state index contributed by atoms with van der Waals surface area (Å²) in [5.41, 5.74) is 0.670. The molecule has 2 heterocycles. The highest BCUT2D eigenvalue weighted by Crippen LogP contribution is 2.24. The van der Waals surface area contributed by atoms with E-state index in [2.05, 4.69) is 15.5 Å². The van der Waals surface area contributed by atoms with Crippen molar-refractivity contribution in [3.05, 3.63) is 63.8 Å². The predicted octanol–water partition coefficient (Wildman–Crippen LogP) is 3.36. The normalized spacial score (nSPS) is 10.8. The number of aromatic nitrogens is 4. The Labute approximate surface area is 146 Å². The van der Waals surface area contributed by atoms with E-state index in [4.69, 9.17) is 23.2 Å². The minimum atomic E-state index is -0.435. The summed E-state index contributed by atoms with van der Waals surface area (Å²) in [7, 11) is 1.70. The number of carbonyl (C=O) groups excluding carboxylic acids is 1. The second-order valence-corrected chi connectivity index (χ2v) is 5.89. The van der Waals surface area contributed by atoms with Crippen LogP contribution in [0.1, 0.15) is 15.9 Å². The summed E-state index contributed by atoms with van der Waals surface area (Å²) in [5.74, 6) is -0.646. The van der Waals surface area contributed by atoms with E-state index < -0.39 is 5.82 Å². The quantitative estimate of drug-likeness (QED) is 0.768. The van der Waals surface area contributed by atoms with E-state index in [1.807, 2.05) is 0 Å². The lowest BCUT2D eigenvalue weighted by atomic mass is 10.2. The molecule has 0 unspecified atom stereocenters. The van der Waals surface area contributed by atoms with Crippen LogP contribution in [0.4, 0.5) is 10.2 Å². The number of nitrogens with one attached hydrogen (secondary N) is 1. The summed E-state index contributed by atoms with van der Waals surface area (Å²) < 4.78 is 16.8. The third-order valence-electron chi connectivity index (χ3n) is 3.30. The second kappa shape index (κ2) is 6.62. The number of halogens is 3. The number of aryl methyl sites for hydroxylation is 1. The average Bonchev–Trinajstić information content (AvgIpc) is 3.10. The van der Waals surface area contributed by atoms with E-state index in [-0.39, 0.29) is 23.3 Å². The molecule has 1 aromatic carbocycles. The van der Waals surface area contributed by atoms with Crippen molar-refractivity contribution < 1.29 is 9.18 Å². The summed E-state index contributed by atoms with van der Waals surface area (Å²) in [6.45, 7) is 0.0913. The third kappa shape index (κ3) is 3.42. The van der Waals surface area contributed by atoms with Gasteiger partial charge in [0.05, 0.1) is 18.3 Å². The summed E-state index contributed by atoms with van der Waals surface area (Å²) in [4.78, 5) is 12.1. The Morgan fingerprint density at radius 1 is 1.29 bits per heavy atom. The van der Waals surface area contributed by atoms with Gasteiger partial charge < -0.3 is 5.32 Å². The molecular formula is C15H12Cl2FN5O. The Morgan fingerprint density at radius 2 is 2.08 bits per heavy atom. The Kier molecular flexibility index (Phi) is 4.55. The maximum Gasteiger partial charge on any atom is 0.260 e. The van der Waals surface area contributed by atoms with Crippen LogP contribution in [0, 0.1) is 5.82 Å². The van der Waals surface area contributed by atoms with Gasteiger partial charge in [0.1, 0.15) is 10.8 Å². The van der Waals surface area contributed by atoms with Gasteiger partial charge in [-0.2, -0.15) is 10.2 Å². The van der Waals surface area contributed by atoms with Crippen molar-refractivity contribution in [2.45, 2.75) is 6.54 Å². The van der Waals surface area contributed by atoms with Gasteiger partial charge in [-0.3, -0.25) is 14.2 Å². The van der Waals surface area contributed by atoms with E-state index in [1.54, 1.807) is 19.3 Å². The number of benzene rings is 1. The molecule has 0 aliphatic carbocycles. The largest absolute Gasteiger partial charge is 0.304 e. The first-order valence-corrected chi connectivity index (χ1v) is 7.65. The van der Waals surface area contributed by atoms with E-state index >= 15 is 0 Å². The van der Waals surface area contributed by atoms with E-state index in [9.17, 15) is 9.18 Å². The second-order valence-electron chi connectivity index (χ2n) is 5.08. The lowest BCUT2D eigenvalue weighted by molar-refractivity contribution is 0.102. The van der Waals surface area contributed by atoms with Crippen LogP contribution in [-0.4, -0.2) is 25.5 Å². The van der Waals surface area contributed by atoms with Crippen LogP contribution < -0.4 is 5.32 Å². The summed E-state index contributed by atoms with van der Waals surface area (Å²) in [5, 5.41) is 11.2. The summed E-state index contributed by atoms with van der Waals surface area (Å²) in [6.07, 6.45) is 4.49. The van der Waals surface area contributed by atoms with Crippen molar-refractivity contribution in [2.24, 2.45) is 7.05 Å². The maximum absolute atomic E-state index is 13.8. The van der Waals surface area contributed by atoms with Gasteiger partial charge in [0.25, 0.3) is 5.91 Å². The lowest BCUT2D eigenvalue weighted by Gasteiger charge is -2.05. The SMILES string of the molecule is Cn1cc(C(=O)Nc2nn(Cc3c(F)cccc3Cl)cc2Cl)cn1. The smallest absolute Gasteiger partial charge is 0.260 e. The summed E-state index contributed by atoms with van der Waals surface area (Å²) in [6, 6.07) is 4.43. The van der Waals surface area contributed by atoms with Gasteiger partial charge in [0.15, 0.2) is 5.82 Å². The molecule has 1 N–H and O–H groups in total. The molecule has 3 aromatic rings. The molecule has 2 aromatic heterocycles. The van der Waals surface area contributed by atoms with Crippen LogP contribution in [-0.2, 0) is 13.6 Å². The van der Waals surface area contributed by atoms with Gasteiger partial charge in [-0.25, -0.2) is 4.39 Å². The Balaban J connectivity index is 1.79. The minimum Gasteiger partial charge on any atom is -0.304 e. The molecule has 0 bridgehead atoms. The average molecular weight is 368 g/mol. The van der Waals surface area contributed by atoms with Gasteiger partial charge in [-0.05, 0) is 12.1 Å². The number of hydrogen-bond acceptors (Lipinski definition) is 3. The zero-order valence-corrected chi connectivity index (χ0v) is 14.0. The van der Waals surface area contributed by atoms with Gasteiger partial charge in [-0.1, -0.05) is 29.3 Å².